The largest absolute Gasteiger partial charge is 0.467 e. The highest BCUT2D eigenvalue weighted by atomic mass is 16.5. The lowest BCUT2D eigenvalue weighted by Gasteiger charge is -2.14. The zero-order valence-corrected chi connectivity index (χ0v) is 10.5. The lowest BCUT2D eigenvalue weighted by atomic mass is 10.2. The second-order valence-corrected chi connectivity index (χ2v) is 4.02. The summed E-state index contributed by atoms with van der Waals surface area (Å²) in [6.45, 7) is 0. The van der Waals surface area contributed by atoms with Crippen molar-refractivity contribution in [3.8, 4) is 0 Å². The van der Waals surface area contributed by atoms with Gasteiger partial charge in [-0.1, -0.05) is 6.08 Å². The summed E-state index contributed by atoms with van der Waals surface area (Å²) in [6.07, 6.45) is 4.59. The maximum absolute atomic E-state index is 11.6. The van der Waals surface area contributed by atoms with Crippen LogP contribution in [0.5, 0.6) is 0 Å². The van der Waals surface area contributed by atoms with Crippen LogP contribution in [0.2, 0.25) is 0 Å². The molecule has 0 aliphatic heterocycles. The van der Waals surface area contributed by atoms with Crippen LogP contribution < -0.4 is 5.32 Å². The van der Waals surface area contributed by atoms with E-state index < -0.39 is 18.0 Å². The van der Waals surface area contributed by atoms with Crippen LogP contribution in [0.15, 0.2) is 12.2 Å². The molecule has 0 heterocycles. The molecule has 1 saturated carbocycles. The minimum atomic E-state index is -0.760. The number of carbonyl (C=O) groups excluding carboxylic acids is 3. The number of carbonyl (C=O) groups is 3. The Labute approximate surface area is 105 Å². The van der Waals surface area contributed by atoms with E-state index in [0.717, 1.165) is 12.8 Å². The molecule has 0 bridgehead atoms. The van der Waals surface area contributed by atoms with Crippen LogP contribution >= 0.6 is 0 Å². The van der Waals surface area contributed by atoms with Crippen LogP contribution in [-0.2, 0) is 23.9 Å². The van der Waals surface area contributed by atoms with Crippen molar-refractivity contribution in [2.24, 2.45) is 5.92 Å². The van der Waals surface area contributed by atoms with E-state index >= 15 is 0 Å². The molecule has 1 aliphatic rings. The van der Waals surface area contributed by atoms with Gasteiger partial charge in [0.1, 0.15) is 6.04 Å². The Balaban J connectivity index is 2.49. The van der Waals surface area contributed by atoms with Gasteiger partial charge in [0, 0.05) is 12.0 Å². The monoisotopic (exact) mass is 255 g/mol. The predicted octanol–water partition coefficient (Wildman–Crippen LogP) is 0.173. The summed E-state index contributed by atoms with van der Waals surface area (Å²) in [4.78, 5) is 33.9. The summed E-state index contributed by atoms with van der Waals surface area (Å²) < 4.78 is 9.01. The van der Waals surface area contributed by atoms with Crippen LogP contribution in [0.25, 0.3) is 0 Å². The molecular formula is C12H17NO5. The summed E-state index contributed by atoms with van der Waals surface area (Å²) in [6, 6.07) is -0.760. The molecule has 1 fully saturated rings. The van der Waals surface area contributed by atoms with Crippen LogP contribution in [-0.4, -0.2) is 38.1 Å². The third-order valence-electron chi connectivity index (χ3n) is 2.58. The summed E-state index contributed by atoms with van der Waals surface area (Å²) in [5, 5.41) is 2.60. The van der Waals surface area contributed by atoms with Crippen molar-refractivity contribution >= 4 is 17.8 Å². The van der Waals surface area contributed by atoms with Gasteiger partial charge < -0.3 is 14.8 Å². The van der Waals surface area contributed by atoms with E-state index in [9.17, 15) is 14.4 Å². The zero-order valence-electron chi connectivity index (χ0n) is 10.5. The quantitative estimate of drug-likeness (QED) is 0.540. The van der Waals surface area contributed by atoms with E-state index in [0.29, 0.717) is 0 Å². The van der Waals surface area contributed by atoms with Gasteiger partial charge in [-0.3, -0.25) is 4.79 Å². The average molecular weight is 255 g/mol. The average Bonchev–Trinajstić information content (AvgIpc) is 3.20. The SMILES string of the molecule is COC(=O)/C=C/C[C@H](NC(=O)C1CC1)C(=O)OC. The first kappa shape index (κ1) is 14.2. The molecule has 100 valence electrons. The molecule has 6 heteroatoms. The zero-order chi connectivity index (χ0) is 13.5. The number of esters is 2. The molecule has 1 aliphatic carbocycles. The minimum absolute atomic E-state index is 0.0155. The highest BCUT2D eigenvalue weighted by Gasteiger charge is 2.32. The van der Waals surface area contributed by atoms with Gasteiger partial charge in [-0.15, -0.1) is 0 Å². The van der Waals surface area contributed by atoms with Crippen LogP contribution in [0.1, 0.15) is 19.3 Å². The number of methoxy groups -OCH3 is 2. The summed E-state index contributed by atoms with van der Waals surface area (Å²) in [5.74, 6) is -1.16. The van der Waals surface area contributed by atoms with E-state index in [-0.39, 0.29) is 18.2 Å². The number of hydrogen-bond donors (Lipinski definition) is 1. The molecule has 0 saturated heterocycles. The van der Waals surface area contributed by atoms with Crippen LogP contribution in [0, 0.1) is 5.92 Å². The highest BCUT2D eigenvalue weighted by molar-refractivity contribution is 5.87. The third-order valence-corrected chi connectivity index (χ3v) is 2.58. The normalized spacial score (nSPS) is 16.1. The van der Waals surface area contributed by atoms with Gasteiger partial charge >= 0.3 is 11.9 Å². The molecule has 1 atom stereocenters. The van der Waals surface area contributed by atoms with Crippen molar-refractivity contribution in [3.63, 3.8) is 0 Å². The molecule has 18 heavy (non-hydrogen) atoms. The Morgan fingerprint density at radius 1 is 1.28 bits per heavy atom. The predicted molar refractivity (Wildman–Crippen MR) is 62.4 cm³/mol. The Bertz CT molecular complexity index is 359. The summed E-state index contributed by atoms with van der Waals surface area (Å²) in [5.41, 5.74) is 0. The first-order valence-corrected chi connectivity index (χ1v) is 5.71. The number of amides is 1. The van der Waals surface area contributed by atoms with Crippen LogP contribution in [0.3, 0.4) is 0 Å². The second kappa shape index (κ2) is 6.78. The van der Waals surface area contributed by atoms with E-state index in [1.54, 1.807) is 0 Å². The molecule has 1 N–H and O–H groups in total. The molecular weight excluding hydrogens is 238 g/mol. The fourth-order valence-corrected chi connectivity index (χ4v) is 1.36. The Kier molecular flexibility index (Phi) is 5.35. The van der Waals surface area contributed by atoms with Crippen LogP contribution in [0.4, 0.5) is 0 Å². The molecule has 0 spiro atoms. The lowest BCUT2D eigenvalue weighted by molar-refractivity contribution is -0.145. The fourth-order valence-electron chi connectivity index (χ4n) is 1.36. The number of hydrogen-bond acceptors (Lipinski definition) is 5. The van der Waals surface area contributed by atoms with Crippen molar-refractivity contribution < 1.29 is 23.9 Å². The van der Waals surface area contributed by atoms with Gasteiger partial charge in [0.2, 0.25) is 5.91 Å². The van der Waals surface area contributed by atoms with E-state index in [4.69, 9.17) is 0 Å². The van der Waals surface area contributed by atoms with E-state index in [1.807, 2.05) is 0 Å². The molecule has 0 unspecified atom stereocenters. The third kappa shape index (κ3) is 4.57. The van der Waals surface area contributed by atoms with Crippen molar-refractivity contribution in [2.75, 3.05) is 14.2 Å². The molecule has 0 radical (unpaired) electrons. The van der Waals surface area contributed by atoms with E-state index in [1.165, 1.54) is 26.4 Å². The molecule has 1 amide bonds. The number of ether oxygens (including phenoxy) is 2. The summed E-state index contributed by atoms with van der Waals surface area (Å²) in [7, 11) is 2.52. The number of rotatable bonds is 6. The Morgan fingerprint density at radius 3 is 2.44 bits per heavy atom. The highest BCUT2D eigenvalue weighted by Crippen LogP contribution is 2.29. The van der Waals surface area contributed by atoms with Crippen molar-refractivity contribution in [2.45, 2.75) is 25.3 Å². The second-order valence-electron chi connectivity index (χ2n) is 4.02. The smallest absolute Gasteiger partial charge is 0.330 e. The maximum atomic E-state index is 11.6. The summed E-state index contributed by atoms with van der Waals surface area (Å²) >= 11 is 0. The molecule has 0 aromatic carbocycles. The van der Waals surface area contributed by atoms with Gasteiger partial charge in [-0.2, -0.15) is 0 Å². The number of nitrogens with one attached hydrogen (secondary N) is 1. The molecule has 6 nitrogen and oxygen atoms in total. The van der Waals surface area contributed by atoms with E-state index in [2.05, 4.69) is 14.8 Å². The van der Waals surface area contributed by atoms with Crippen molar-refractivity contribution in [3.05, 3.63) is 12.2 Å². The Hall–Kier alpha value is -1.85. The maximum Gasteiger partial charge on any atom is 0.330 e. The first-order chi connectivity index (χ1) is 8.58. The van der Waals surface area contributed by atoms with Gasteiger partial charge in [0.05, 0.1) is 14.2 Å². The molecule has 1 rings (SSSR count). The van der Waals surface area contributed by atoms with Crippen molar-refractivity contribution in [1.82, 2.24) is 5.32 Å². The van der Waals surface area contributed by atoms with Gasteiger partial charge in [0.25, 0.3) is 0 Å². The van der Waals surface area contributed by atoms with Gasteiger partial charge in [-0.05, 0) is 19.3 Å². The van der Waals surface area contributed by atoms with Gasteiger partial charge in [-0.25, -0.2) is 9.59 Å². The Morgan fingerprint density at radius 2 is 1.94 bits per heavy atom. The fraction of sp³-hybridized carbons (Fsp3) is 0.583. The lowest BCUT2D eigenvalue weighted by Crippen LogP contribution is -2.41. The molecule has 0 aromatic rings. The topological polar surface area (TPSA) is 81.7 Å². The molecule has 0 aromatic heterocycles. The standard InChI is InChI=1S/C12H17NO5/c1-17-10(14)5-3-4-9(12(16)18-2)13-11(15)8-6-7-8/h3,5,8-9H,4,6-7H2,1-2H3,(H,13,15)/b5-3+/t9-/m0/s1. The van der Waals surface area contributed by atoms with Gasteiger partial charge in [0.15, 0.2) is 0 Å². The van der Waals surface area contributed by atoms with Crippen molar-refractivity contribution in [1.29, 1.82) is 0 Å². The minimum Gasteiger partial charge on any atom is -0.467 e. The first-order valence-electron chi connectivity index (χ1n) is 5.71.